The summed E-state index contributed by atoms with van der Waals surface area (Å²) < 4.78 is 16.6. The van der Waals surface area contributed by atoms with Crippen molar-refractivity contribution in [2.75, 3.05) is 31.0 Å². The Labute approximate surface area is 189 Å². The fourth-order valence-corrected chi connectivity index (χ4v) is 3.02. The Hall–Kier alpha value is -4.62. The number of imidazole rings is 1. The molecule has 10 heteroatoms. The number of carbonyl (C=O) groups is 1. The number of hydrogen-bond acceptors (Lipinski definition) is 7. The zero-order valence-corrected chi connectivity index (χ0v) is 17.7. The summed E-state index contributed by atoms with van der Waals surface area (Å²) in [5.41, 5.74) is 1.58. The van der Waals surface area contributed by atoms with Crippen molar-refractivity contribution in [3.63, 3.8) is 0 Å². The lowest BCUT2D eigenvalue weighted by atomic mass is 10.1. The van der Waals surface area contributed by atoms with Gasteiger partial charge >= 0.3 is 6.03 Å². The molecule has 0 spiro atoms. The Morgan fingerprint density at radius 2 is 1.91 bits per heavy atom. The van der Waals surface area contributed by atoms with Gasteiger partial charge in [0.2, 0.25) is 5.95 Å². The predicted octanol–water partition coefficient (Wildman–Crippen LogP) is 4.29. The molecular weight excluding hydrogens is 424 g/mol. The van der Waals surface area contributed by atoms with Crippen LogP contribution in [0, 0.1) is 11.3 Å². The van der Waals surface area contributed by atoms with E-state index in [1.54, 1.807) is 68.2 Å². The Morgan fingerprint density at radius 3 is 2.64 bits per heavy atom. The van der Waals surface area contributed by atoms with Gasteiger partial charge in [0.15, 0.2) is 0 Å². The Morgan fingerprint density at radius 1 is 1.06 bits per heavy atom. The second kappa shape index (κ2) is 10.1. The van der Waals surface area contributed by atoms with Crippen molar-refractivity contribution in [1.82, 2.24) is 15.0 Å². The van der Waals surface area contributed by atoms with E-state index < -0.39 is 6.03 Å². The zero-order valence-electron chi connectivity index (χ0n) is 17.7. The van der Waals surface area contributed by atoms with Gasteiger partial charge in [-0.1, -0.05) is 0 Å². The maximum absolute atomic E-state index is 12.0. The van der Waals surface area contributed by atoms with Crippen LogP contribution in [0.2, 0.25) is 0 Å². The molecule has 3 N–H and O–H groups in total. The predicted molar refractivity (Wildman–Crippen MR) is 122 cm³/mol. The number of hydrogen-bond donors (Lipinski definition) is 3. The third-order valence-corrected chi connectivity index (χ3v) is 4.54. The van der Waals surface area contributed by atoms with Gasteiger partial charge in [-0.15, -0.1) is 0 Å². The molecule has 33 heavy (non-hydrogen) atoms. The molecule has 166 valence electrons. The van der Waals surface area contributed by atoms with Crippen molar-refractivity contribution in [3.8, 4) is 23.3 Å². The fraction of sp³-hybridized carbons (Fsp3) is 0.130. The number of aromatic amines is 1. The minimum absolute atomic E-state index is 0.326. The van der Waals surface area contributed by atoms with Crippen LogP contribution in [0.5, 0.6) is 17.2 Å². The van der Waals surface area contributed by atoms with E-state index in [1.165, 1.54) is 0 Å². The summed E-state index contributed by atoms with van der Waals surface area (Å²) in [7, 11) is 1.58. The molecule has 0 unspecified atom stereocenters. The number of aromatic nitrogens is 3. The number of nitrogens with one attached hydrogen (secondary N) is 3. The van der Waals surface area contributed by atoms with Crippen LogP contribution in [0.4, 0.5) is 16.4 Å². The first kappa shape index (κ1) is 21.6. The van der Waals surface area contributed by atoms with Crippen molar-refractivity contribution < 1.29 is 19.0 Å². The fourth-order valence-electron chi connectivity index (χ4n) is 3.02. The molecule has 0 aliphatic heterocycles. The lowest BCUT2D eigenvalue weighted by molar-refractivity contribution is 0.146. The summed E-state index contributed by atoms with van der Waals surface area (Å²) in [5.74, 6) is 1.88. The van der Waals surface area contributed by atoms with Crippen LogP contribution in [-0.4, -0.2) is 41.3 Å². The molecular formula is C23H20N6O4. The molecule has 10 nitrogen and oxygen atoms in total. The van der Waals surface area contributed by atoms with Gasteiger partial charge in [-0.2, -0.15) is 5.26 Å². The highest BCUT2D eigenvalue weighted by molar-refractivity contribution is 5.98. The van der Waals surface area contributed by atoms with Gasteiger partial charge in [-0.05, 0) is 36.4 Å². The zero-order chi connectivity index (χ0) is 23.0. The average molecular weight is 444 g/mol. The largest absolute Gasteiger partial charge is 0.490 e. The van der Waals surface area contributed by atoms with Crippen molar-refractivity contribution in [2.45, 2.75) is 0 Å². The van der Waals surface area contributed by atoms with Crippen LogP contribution in [-0.2, 0) is 4.74 Å². The Balaban J connectivity index is 1.49. The van der Waals surface area contributed by atoms with Gasteiger partial charge in [0.1, 0.15) is 29.9 Å². The molecule has 0 radical (unpaired) electrons. The summed E-state index contributed by atoms with van der Waals surface area (Å²) in [5, 5.41) is 15.5. The van der Waals surface area contributed by atoms with Gasteiger partial charge in [0.05, 0.1) is 17.7 Å². The molecule has 0 atom stereocenters. The first-order valence-electron chi connectivity index (χ1n) is 9.96. The molecule has 4 rings (SSSR count). The highest BCUT2D eigenvalue weighted by atomic mass is 16.5. The van der Waals surface area contributed by atoms with E-state index >= 15 is 0 Å². The summed E-state index contributed by atoms with van der Waals surface area (Å²) in [6.07, 6.45) is 4.77. The van der Waals surface area contributed by atoms with E-state index in [1.807, 2.05) is 0 Å². The summed E-state index contributed by atoms with van der Waals surface area (Å²) in [4.78, 5) is 23.1. The number of benzene rings is 2. The minimum Gasteiger partial charge on any atom is -0.490 e. The topological polar surface area (TPSA) is 134 Å². The monoisotopic (exact) mass is 444 g/mol. The first-order chi connectivity index (χ1) is 16.2. The molecule has 0 bridgehead atoms. The number of urea groups is 1. The SMILES string of the molecule is COCCOc1cc2nccc(Oc3ccc(NC(=O)Nc4ncc[nH]4)cc3)c2cc1C#N. The van der Waals surface area contributed by atoms with Crippen molar-refractivity contribution in [2.24, 2.45) is 0 Å². The Kier molecular flexibility index (Phi) is 6.63. The van der Waals surface area contributed by atoms with Crippen molar-refractivity contribution in [3.05, 3.63) is 66.6 Å². The third kappa shape index (κ3) is 5.36. The molecule has 0 fully saturated rings. The molecule has 4 aromatic rings. The number of fused-ring (bicyclic) bond motifs is 1. The van der Waals surface area contributed by atoms with E-state index in [4.69, 9.17) is 14.2 Å². The van der Waals surface area contributed by atoms with E-state index in [2.05, 4.69) is 31.7 Å². The summed E-state index contributed by atoms with van der Waals surface area (Å²) >= 11 is 0. The quantitative estimate of drug-likeness (QED) is 0.345. The van der Waals surface area contributed by atoms with Crippen LogP contribution in [0.15, 0.2) is 61.1 Å². The normalized spacial score (nSPS) is 10.4. The number of pyridine rings is 1. The minimum atomic E-state index is -0.425. The molecule has 2 aromatic carbocycles. The number of anilines is 2. The van der Waals surface area contributed by atoms with Gasteiger partial charge in [-0.25, -0.2) is 9.78 Å². The van der Waals surface area contributed by atoms with Crippen LogP contribution in [0.3, 0.4) is 0 Å². The smallest absolute Gasteiger partial charge is 0.326 e. The first-order valence-corrected chi connectivity index (χ1v) is 9.96. The summed E-state index contributed by atoms with van der Waals surface area (Å²) in [6.45, 7) is 0.738. The number of nitriles is 1. The van der Waals surface area contributed by atoms with E-state index in [0.29, 0.717) is 58.6 Å². The maximum Gasteiger partial charge on any atom is 0.326 e. The number of methoxy groups -OCH3 is 1. The molecule has 2 amide bonds. The average Bonchev–Trinajstić information content (AvgIpc) is 3.33. The lowest BCUT2D eigenvalue weighted by Gasteiger charge is -2.12. The van der Waals surface area contributed by atoms with Gasteiger partial charge < -0.3 is 24.5 Å². The highest BCUT2D eigenvalue weighted by Gasteiger charge is 2.12. The molecule has 0 aliphatic carbocycles. The number of ether oxygens (including phenoxy) is 3. The van der Waals surface area contributed by atoms with Crippen LogP contribution in [0.25, 0.3) is 10.9 Å². The van der Waals surface area contributed by atoms with Gasteiger partial charge in [0, 0.05) is 42.8 Å². The number of carbonyl (C=O) groups excluding carboxylic acids is 1. The number of rotatable bonds is 8. The number of H-pyrrole nitrogens is 1. The van der Waals surface area contributed by atoms with Crippen molar-refractivity contribution >= 4 is 28.6 Å². The highest BCUT2D eigenvalue weighted by Crippen LogP contribution is 2.33. The number of nitrogens with zero attached hydrogens (tertiary/aromatic N) is 3. The van der Waals surface area contributed by atoms with Gasteiger partial charge in [-0.3, -0.25) is 10.3 Å². The van der Waals surface area contributed by atoms with Crippen LogP contribution < -0.4 is 20.1 Å². The Bertz CT molecular complexity index is 1280. The second-order valence-corrected chi connectivity index (χ2v) is 6.77. The van der Waals surface area contributed by atoms with E-state index in [-0.39, 0.29) is 0 Å². The van der Waals surface area contributed by atoms with Crippen LogP contribution in [0.1, 0.15) is 5.56 Å². The molecule has 2 aromatic heterocycles. The second-order valence-electron chi connectivity index (χ2n) is 6.77. The number of amides is 2. The molecule has 0 saturated heterocycles. The van der Waals surface area contributed by atoms with E-state index in [0.717, 1.165) is 0 Å². The molecule has 0 aliphatic rings. The van der Waals surface area contributed by atoms with E-state index in [9.17, 15) is 10.1 Å². The van der Waals surface area contributed by atoms with Crippen LogP contribution >= 0.6 is 0 Å². The van der Waals surface area contributed by atoms with Crippen molar-refractivity contribution in [1.29, 1.82) is 5.26 Å². The van der Waals surface area contributed by atoms with Gasteiger partial charge in [0.25, 0.3) is 0 Å². The maximum atomic E-state index is 12.0. The third-order valence-electron chi connectivity index (χ3n) is 4.54. The molecule has 2 heterocycles. The molecule has 0 saturated carbocycles. The summed E-state index contributed by atoms with van der Waals surface area (Å²) in [6, 6.07) is 13.7. The standard InChI is InChI=1S/C23H20N6O4/c1-31-10-11-32-21-13-19-18(12-15(21)14-24)20(6-7-25-19)33-17-4-2-16(3-5-17)28-23(30)29-22-26-8-9-27-22/h2-9,12-13H,10-11H2,1H3,(H3,26,27,28,29,30). The lowest BCUT2D eigenvalue weighted by Crippen LogP contribution is -2.20.